The molecule has 0 unspecified atom stereocenters. The van der Waals surface area contributed by atoms with Crippen LogP contribution < -0.4 is 10.5 Å². The van der Waals surface area contributed by atoms with Crippen LogP contribution in [0.2, 0.25) is 0 Å². The molecule has 2 aromatic rings. The van der Waals surface area contributed by atoms with Gasteiger partial charge in [0.2, 0.25) is 0 Å². The van der Waals surface area contributed by atoms with Gasteiger partial charge in [-0.15, -0.1) is 0 Å². The van der Waals surface area contributed by atoms with Crippen molar-refractivity contribution in [2.45, 2.75) is 0 Å². The minimum atomic E-state index is -1.19. The number of benzene rings is 2. The van der Waals surface area contributed by atoms with Gasteiger partial charge in [0.05, 0.1) is 12.7 Å². The van der Waals surface area contributed by atoms with E-state index in [2.05, 4.69) is 0 Å². The number of aromatic carboxylic acids is 1. The number of ketones is 1. The molecule has 0 heterocycles. The fraction of sp³-hybridized carbons (Fsp3) is 0.0667. The first-order valence-electron chi connectivity index (χ1n) is 5.85. The summed E-state index contributed by atoms with van der Waals surface area (Å²) in [6.07, 6.45) is 0. The van der Waals surface area contributed by atoms with Crippen LogP contribution in [-0.4, -0.2) is 24.0 Å². The maximum Gasteiger partial charge on any atom is 0.336 e. The van der Waals surface area contributed by atoms with Crippen molar-refractivity contribution < 1.29 is 19.4 Å². The van der Waals surface area contributed by atoms with Gasteiger partial charge in [-0.3, -0.25) is 4.79 Å². The van der Waals surface area contributed by atoms with Crippen molar-refractivity contribution in [3.8, 4) is 5.75 Å². The molecule has 0 spiro atoms. The van der Waals surface area contributed by atoms with E-state index in [4.69, 9.17) is 10.5 Å². The molecule has 0 saturated heterocycles. The van der Waals surface area contributed by atoms with E-state index >= 15 is 0 Å². The van der Waals surface area contributed by atoms with E-state index in [9.17, 15) is 14.7 Å². The predicted molar refractivity (Wildman–Crippen MR) is 74.2 cm³/mol. The lowest BCUT2D eigenvalue weighted by Crippen LogP contribution is -2.11. The zero-order valence-corrected chi connectivity index (χ0v) is 10.8. The highest BCUT2D eigenvalue weighted by molar-refractivity contribution is 6.16. The number of ether oxygens (including phenoxy) is 1. The number of rotatable bonds is 4. The van der Waals surface area contributed by atoms with Crippen molar-refractivity contribution in [2.24, 2.45) is 0 Å². The third-order valence-electron chi connectivity index (χ3n) is 2.91. The second kappa shape index (κ2) is 5.44. The lowest BCUT2D eigenvalue weighted by Gasteiger charge is -2.09. The zero-order valence-electron chi connectivity index (χ0n) is 10.8. The molecule has 0 amide bonds. The van der Waals surface area contributed by atoms with Crippen LogP contribution in [0.3, 0.4) is 0 Å². The van der Waals surface area contributed by atoms with E-state index in [1.165, 1.54) is 19.2 Å². The fourth-order valence-corrected chi connectivity index (χ4v) is 1.87. The van der Waals surface area contributed by atoms with Gasteiger partial charge in [0.15, 0.2) is 5.78 Å². The average molecular weight is 271 g/mol. The summed E-state index contributed by atoms with van der Waals surface area (Å²) in [7, 11) is 1.43. The van der Waals surface area contributed by atoms with Gasteiger partial charge in [-0.25, -0.2) is 4.79 Å². The first-order valence-corrected chi connectivity index (χ1v) is 5.85. The van der Waals surface area contributed by atoms with Crippen LogP contribution in [0, 0.1) is 0 Å². The first-order chi connectivity index (χ1) is 9.54. The molecule has 0 saturated carbocycles. The smallest absolute Gasteiger partial charge is 0.336 e. The number of carboxylic acid groups (broad SMARTS) is 1. The highest BCUT2D eigenvalue weighted by Crippen LogP contribution is 2.23. The van der Waals surface area contributed by atoms with Crippen LogP contribution in [0.5, 0.6) is 5.75 Å². The molecular formula is C15H13NO4. The first kappa shape index (κ1) is 13.6. The molecule has 0 bridgehead atoms. The largest absolute Gasteiger partial charge is 0.497 e. The van der Waals surface area contributed by atoms with Gasteiger partial charge in [0.25, 0.3) is 0 Å². The van der Waals surface area contributed by atoms with Crippen molar-refractivity contribution in [3.05, 3.63) is 59.2 Å². The number of hydrogen-bond acceptors (Lipinski definition) is 4. The Hall–Kier alpha value is -2.82. The second-order valence-corrected chi connectivity index (χ2v) is 4.13. The molecule has 0 aliphatic heterocycles. The number of anilines is 1. The Morgan fingerprint density at radius 3 is 2.35 bits per heavy atom. The summed E-state index contributed by atoms with van der Waals surface area (Å²) in [5, 5.41) is 9.21. The molecule has 3 N–H and O–H groups in total. The number of carbonyl (C=O) groups is 2. The molecule has 0 radical (unpaired) electrons. The Morgan fingerprint density at radius 2 is 1.75 bits per heavy atom. The summed E-state index contributed by atoms with van der Waals surface area (Å²) in [4.78, 5) is 23.7. The minimum absolute atomic E-state index is 0.0798. The second-order valence-electron chi connectivity index (χ2n) is 4.13. The van der Waals surface area contributed by atoms with Gasteiger partial charge in [-0.1, -0.05) is 12.1 Å². The number of carbonyl (C=O) groups excluding carboxylic acids is 1. The van der Waals surface area contributed by atoms with Gasteiger partial charge < -0.3 is 15.6 Å². The van der Waals surface area contributed by atoms with Crippen molar-refractivity contribution >= 4 is 17.4 Å². The Balaban J connectivity index is 2.55. The maximum atomic E-state index is 12.4. The summed E-state index contributed by atoms with van der Waals surface area (Å²) in [6, 6.07) is 10.8. The molecule has 5 nitrogen and oxygen atoms in total. The van der Waals surface area contributed by atoms with E-state index < -0.39 is 11.8 Å². The number of nitrogens with two attached hydrogens (primary N) is 1. The van der Waals surface area contributed by atoms with Crippen LogP contribution >= 0.6 is 0 Å². The normalized spacial score (nSPS) is 10.1. The quantitative estimate of drug-likeness (QED) is 0.657. The van der Waals surface area contributed by atoms with Crippen molar-refractivity contribution in [2.75, 3.05) is 12.8 Å². The zero-order chi connectivity index (χ0) is 14.7. The molecule has 2 aromatic carbocycles. The Morgan fingerprint density at radius 1 is 1.05 bits per heavy atom. The molecule has 0 aromatic heterocycles. The van der Waals surface area contributed by atoms with Crippen molar-refractivity contribution in [3.63, 3.8) is 0 Å². The van der Waals surface area contributed by atoms with Crippen LogP contribution in [0.15, 0.2) is 42.5 Å². The number of carboxylic acids is 1. The Bertz CT molecular complexity index is 679. The molecule has 2 rings (SSSR count). The lowest BCUT2D eigenvalue weighted by atomic mass is 9.97. The topological polar surface area (TPSA) is 89.6 Å². The number of methoxy groups -OCH3 is 1. The highest BCUT2D eigenvalue weighted by Gasteiger charge is 2.20. The van der Waals surface area contributed by atoms with E-state index in [0.717, 1.165) is 0 Å². The molecule has 20 heavy (non-hydrogen) atoms. The van der Waals surface area contributed by atoms with Crippen molar-refractivity contribution in [1.82, 2.24) is 0 Å². The van der Waals surface area contributed by atoms with E-state index in [-0.39, 0.29) is 16.7 Å². The predicted octanol–water partition coefficient (Wildman–Crippen LogP) is 2.21. The maximum absolute atomic E-state index is 12.4. The molecule has 0 atom stereocenters. The monoisotopic (exact) mass is 271 g/mol. The van der Waals surface area contributed by atoms with Gasteiger partial charge in [0.1, 0.15) is 5.75 Å². The van der Waals surface area contributed by atoms with Gasteiger partial charge in [0, 0.05) is 16.8 Å². The van der Waals surface area contributed by atoms with Crippen LogP contribution in [-0.2, 0) is 0 Å². The van der Waals surface area contributed by atoms with E-state index in [1.54, 1.807) is 30.3 Å². The SMILES string of the molecule is COc1ccc(C(=O)c2ccccc2N)c(C(=O)O)c1. The molecule has 0 aliphatic rings. The van der Waals surface area contributed by atoms with E-state index in [0.29, 0.717) is 11.4 Å². The van der Waals surface area contributed by atoms with Crippen LogP contribution in [0.25, 0.3) is 0 Å². The molecule has 0 aliphatic carbocycles. The minimum Gasteiger partial charge on any atom is -0.497 e. The number of para-hydroxylation sites is 1. The summed E-state index contributed by atoms with van der Waals surface area (Å²) in [5.74, 6) is -1.25. The Kier molecular flexibility index (Phi) is 3.70. The number of nitrogen functional groups attached to an aromatic ring is 1. The standard InChI is InChI=1S/C15H13NO4/c1-20-9-6-7-10(12(8-9)15(18)19)14(17)11-4-2-3-5-13(11)16/h2-8H,16H2,1H3,(H,18,19). The average Bonchev–Trinajstić information content (AvgIpc) is 2.46. The van der Waals surface area contributed by atoms with Crippen LogP contribution in [0.4, 0.5) is 5.69 Å². The third-order valence-corrected chi connectivity index (χ3v) is 2.91. The molecular weight excluding hydrogens is 258 g/mol. The highest BCUT2D eigenvalue weighted by atomic mass is 16.5. The van der Waals surface area contributed by atoms with Crippen molar-refractivity contribution in [1.29, 1.82) is 0 Å². The molecule has 102 valence electrons. The summed E-state index contributed by atoms with van der Waals surface area (Å²) in [5.41, 5.74) is 6.30. The van der Waals surface area contributed by atoms with Crippen LogP contribution in [0.1, 0.15) is 26.3 Å². The van der Waals surface area contributed by atoms with Gasteiger partial charge in [-0.05, 0) is 30.3 Å². The van der Waals surface area contributed by atoms with Gasteiger partial charge in [-0.2, -0.15) is 0 Å². The molecule has 0 fully saturated rings. The Labute approximate surface area is 115 Å². The molecule has 5 heteroatoms. The third kappa shape index (κ3) is 2.47. The summed E-state index contributed by atoms with van der Waals surface area (Å²) >= 11 is 0. The summed E-state index contributed by atoms with van der Waals surface area (Å²) in [6.45, 7) is 0. The summed E-state index contributed by atoms with van der Waals surface area (Å²) < 4.78 is 4.97. The fourth-order valence-electron chi connectivity index (χ4n) is 1.87. The van der Waals surface area contributed by atoms with E-state index in [1.807, 2.05) is 0 Å². The van der Waals surface area contributed by atoms with Gasteiger partial charge >= 0.3 is 5.97 Å². The number of hydrogen-bond donors (Lipinski definition) is 2. The lowest BCUT2D eigenvalue weighted by molar-refractivity contribution is 0.0692.